The molecule has 0 atom stereocenters. The lowest BCUT2D eigenvalue weighted by atomic mass is 10.1. The van der Waals surface area contributed by atoms with E-state index in [1.807, 2.05) is 0 Å². The summed E-state index contributed by atoms with van der Waals surface area (Å²) in [5.41, 5.74) is 7.93. The fraction of sp³-hybridized carbons (Fsp3) is 0.167. The molecule has 0 saturated carbocycles. The standard InChI is InChI=1S/C18H18N2O4/c1-11-14(17(19)22)3-2-4-15(11)20-16(21)10-7-12-5-8-13(9-6-12)18(23)24/h2-6,8-9H,7,10H2,1H3,(H2,19,22)(H,20,21)(H,23,24). The topological polar surface area (TPSA) is 109 Å². The number of nitrogens with one attached hydrogen (secondary N) is 1. The molecule has 0 bridgehead atoms. The van der Waals surface area contributed by atoms with Crippen LogP contribution in [0.4, 0.5) is 5.69 Å². The number of hydrogen-bond acceptors (Lipinski definition) is 3. The smallest absolute Gasteiger partial charge is 0.335 e. The zero-order chi connectivity index (χ0) is 17.7. The maximum Gasteiger partial charge on any atom is 0.335 e. The first-order valence-electron chi connectivity index (χ1n) is 7.40. The third-order valence-corrected chi connectivity index (χ3v) is 3.71. The predicted molar refractivity (Wildman–Crippen MR) is 90.0 cm³/mol. The number of hydrogen-bond donors (Lipinski definition) is 3. The molecular weight excluding hydrogens is 308 g/mol. The summed E-state index contributed by atoms with van der Waals surface area (Å²) in [7, 11) is 0. The normalized spacial score (nSPS) is 10.2. The minimum absolute atomic E-state index is 0.193. The van der Waals surface area contributed by atoms with Crippen LogP contribution in [0.3, 0.4) is 0 Å². The average Bonchev–Trinajstić information content (AvgIpc) is 2.55. The maximum atomic E-state index is 12.1. The Bertz CT molecular complexity index is 782. The molecule has 2 aromatic rings. The van der Waals surface area contributed by atoms with Gasteiger partial charge in [-0.3, -0.25) is 9.59 Å². The van der Waals surface area contributed by atoms with Gasteiger partial charge in [0.25, 0.3) is 0 Å². The number of carboxylic acid groups (broad SMARTS) is 1. The van der Waals surface area contributed by atoms with Crippen molar-refractivity contribution in [3.63, 3.8) is 0 Å². The fourth-order valence-corrected chi connectivity index (χ4v) is 2.32. The van der Waals surface area contributed by atoms with Crippen LogP contribution < -0.4 is 11.1 Å². The van der Waals surface area contributed by atoms with E-state index in [2.05, 4.69) is 5.32 Å². The number of aromatic carboxylic acids is 1. The molecule has 0 saturated heterocycles. The van der Waals surface area contributed by atoms with Crippen molar-refractivity contribution < 1.29 is 19.5 Å². The highest BCUT2D eigenvalue weighted by atomic mass is 16.4. The maximum absolute atomic E-state index is 12.1. The third kappa shape index (κ3) is 4.19. The third-order valence-electron chi connectivity index (χ3n) is 3.71. The summed E-state index contributed by atoms with van der Waals surface area (Å²) in [6.07, 6.45) is 0.729. The Hall–Kier alpha value is -3.15. The SMILES string of the molecule is Cc1c(NC(=O)CCc2ccc(C(=O)O)cc2)cccc1C(N)=O. The van der Waals surface area contributed by atoms with Crippen molar-refractivity contribution in [2.45, 2.75) is 19.8 Å². The highest BCUT2D eigenvalue weighted by Gasteiger charge is 2.11. The van der Waals surface area contributed by atoms with Crippen molar-refractivity contribution in [3.05, 3.63) is 64.7 Å². The second-order valence-electron chi connectivity index (χ2n) is 5.39. The first kappa shape index (κ1) is 17.2. The summed E-state index contributed by atoms with van der Waals surface area (Å²) < 4.78 is 0. The molecule has 0 fully saturated rings. The molecule has 2 rings (SSSR count). The van der Waals surface area contributed by atoms with Gasteiger partial charge < -0.3 is 16.2 Å². The monoisotopic (exact) mass is 326 g/mol. The minimum atomic E-state index is -0.982. The molecule has 6 heteroatoms. The molecule has 2 aromatic carbocycles. The number of primary amides is 1. The molecule has 4 N–H and O–H groups in total. The van der Waals surface area contributed by atoms with Crippen LogP contribution in [0, 0.1) is 6.92 Å². The van der Waals surface area contributed by atoms with Gasteiger partial charge in [0.05, 0.1) is 5.56 Å². The summed E-state index contributed by atoms with van der Waals surface area (Å²) in [4.78, 5) is 34.2. The summed E-state index contributed by atoms with van der Waals surface area (Å²) in [6.45, 7) is 1.72. The molecule has 0 radical (unpaired) electrons. The van der Waals surface area contributed by atoms with Crippen LogP contribution in [-0.2, 0) is 11.2 Å². The first-order valence-corrected chi connectivity index (χ1v) is 7.40. The zero-order valence-electron chi connectivity index (χ0n) is 13.2. The summed E-state index contributed by atoms with van der Waals surface area (Å²) >= 11 is 0. The molecule has 0 heterocycles. The summed E-state index contributed by atoms with van der Waals surface area (Å²) in [5, 5.41) is 11.6. The van der Waals surface area contributed by atoms with Crippen LogP contribution >= 0.6 is 0 Å². The minimum Gasteiger partial charge on any atom is -0.478 e. The Kier molecular flexibility index (Phi) is 5.31. The number of nitrogens with two attached hydrogens (primary N) is 1. The lowest BCUT2D eigenvalue weighted by Crippen LogP contribution is -2.17. The van der Waals surface area contributed by atoms with Crippen LogP contribution in [0.25, 0.3) is 0 Å². The Morgan fingerprint density at radius 2 is 1.75 bits per heavy atom. The molecule has 0 aromatic heterocycles. The highest BCUT2D eigenvalue weighted by Crippen LogP contribution is 2.19. The zero-order valence-corrected chi connectivity index (χ0v) is 13.2. The van der Waals surface area contributed by atoms with Crippen molar-refractivity contribution in [1.29, 1.82) is 0 Å². The molecule has 24 heavy (non-hydrogen) atoms. The number of carbonyl (C=O) groups is 3. The van der Waals surface area contributed by atoms with Gasteiger partial charge in [0.1, 0.15) is 0 Å². The van der Waals surface area contributed by atoms with E-state index in [0.29, 0.717) is 23.2 Å². The highest BCUT2D eigenvalue weighted by molar-refractivity contribution is 5.98. The number of aryl methyl sites for hydroxylation is 1. The lowest BCUT2D eigenvalue weighted by Gasteiger charge is -2.11. The van der Waals surface area contributed by atoms with Crippen LogP contribution in [0.15, 0.2) is 42.5 Å². The van der Waals surface area contributed by atoms with Crippen molar-refractivity contribution in [1.82, 2.24) is 0 Å². The van der Waals surface area contributed by atoms with Gasteiger partial charge in [-0.1, -0.05) is 18.2 Å². The predicted octanol–water partition coefficient (Wildman–Crippen LogP) is 2.36. The number of anilines is 1. The largest absolute Gasteiger partial charge is 0.478 e. The number of amides is 2. The number of carboxylic acids is 1. The van der Waals surface area contributed by atoms with Gasteiger partial charge in [-0.25, -0.2) is 4.79 Å². The fourth-order valence-electron chi connectivity index (χ4n) is 2.32. The number of carbonyl (C=O) groups excluding carboxylic acids is 2. The Morgan fingerprint density at radius 3 is 2.33 bits per heavy atom. The van der Waals surface area contributed by atoms with Crippen LogP contribution in [0.5, 0.6) is 0 Å². The van der Waals surface area contributed by atoms with E-state index in [-0.39, 0.29) is 17.9 Å². The molecular formula is C18H18N2O4. The molecule has 0 spiro atoms. The van der Waals surface area contributed by atoms with E-state index in [4.69, 9.17) is 10.8 Å². The average molecular weight is 326 g/mol. The van der Waals surface area contributed by atoms with Gasteiger partial charge in [0, 0.05) is 17.7 Å². The second-order valence-corrected chi connectivity index (χ2v) is 5.39. The van der Waals surface area contributed by atoms with E-state index in [1.54, 1.807) is 37.3 Å². The van der Waals surface area contributed by atoms with E-state index in [9.17, 15) is 14.4 Å². The molecule has 0 aliphatic heterocycles. The number of benzene rings is 2. The molecule has 0 aliphatic carbocycles. The van der Waals surface area contributed by atoms with E-state index >= 15 is 0 Å². The summed E-state index contributed by atoms with van der Waals surface area (Å²) in [6, 6.07) is 11.4. The van der Waals surface area contributed by atoms with Crippen LogP contribution in [-0.4, -0.2) is 22.9 Å². The molecule has 2 amide bonds. The van der Waals surface area contributed by atoms with E-state index in [0.717, 1.165) is 5.56 Å². The van der Waals surface area contributed by atoms with Gasteiger partial charge >= 0.3 is 5.97 Å². The van der Waals surface area contributed by atoms with Gasteiger partial charge in [-0.15, -0.1) is 0 Å². The van der Waals surface area contributed by atoms with Gasteiger partial charge in [0.15, 0.2) is 0 Å². The number of rotatable bonds is 6. The van der Waals surface area contributed by atoms with Gasteiger partial charge in [-0.2, -0.15) is 0 Å². The van der Waals surface area contributed by atoms with E-state index in [1.165, 1.54) is 12.1 Å². The van der Waals surface area contributed by atoms with E-state index < -0.39 is 11.9 Å². The van der Waals surface area contributed by atoms with Gasteiger partial charge in [0.2, 0.25) is 11.8 Å². The van der Waals surface area contributed by atoms with Crippen molar-refractivity contribution in [2.24, 2.45) is 5.73 Å². The lowest BCUT2D eigenvalue weighted by molar-refractivity contribution is -0.116. The molecule has 0 aliphatic rings. The molecule has 6 nitrogen and oxygen atoms in total. The van der Waals surface area contributed by atoms with Gasteiger partial charge in [-0.05, 0) is 48.7 Å². The first-order chi connectivity index (χ1) is 11.4. The molecule has 124 valence electrons. The van der Waals surface area contributed by atoms with Crippen molar-refractivity contribution in [2.75, 3.05) is 5.32 Å². The second kappa shape index (κ2) is 7.41. The quantitative estimate of drug-likeness (QED) is 0.757. The van der Waals surface area contributed by atoms with Crippen LogP contribution in [0.1, 0.15) is 38.3 Å². The van der Waals surface area contributed by atoms with Crippen LogP contribution in [0.2, 0.25) is 0 Å². The Labute approximate surface area is 139 Å². The Balaban J connectivity index is 1.98. The van der Waals surface area contributed by atoms with Crippen molar-refractivity contribution >= 4 is 23.5 Å². The molecule has 0 unspecified atom stereocenters. The van der Waals surface area contributed by atoms with Crippen molar-refractivity contribution in [3.8, 4) is 0 Å². The Morgan fingerprint density at radius 1 is 1.08 bits per heavy atom. The summed E-state index contributed by atoms with van der Waals surface area (Å²) in [5.74, 6) is -1.71.